The lowest BCUT2D eigenvalue weighted by molar-refractivity contribution is 0.441. The first-order valence-corrected chi connectivity index (χ1v) is 5.34. The molecule has 0 saturated heterocycles. The Kier molecular flexibility index (Phi) is 3.34. The summed E-state index contributed by atoms with van der Waals surface area (Å²) in [5.41, 5.74) is 0. The van der Waals surface area contributed by atoms with Gasteiger partial charge in [0.25, 0.3) is 0 Å². The molecule has 0 heterocycles. The minimum atomic E-state index is 0.501. The molecule has 0 spiro atoms. The van der Waals surface area contributed by atoms with Crippen molar-refractivity contribution in [3.05, 3.63) is 58.7 Å². The number of rotatable bonds is 2. The van der Waals surface area contributed by atoms with E-state index in [4.69, 9.17) is 27.9 Å². The first kappa shape index (κ1) is 10.6. The van der Waals surface area contributed by atoms with Crippen LogP contribution in [0.5, 0.6) is 5.75 Å². The van der Waals surface area contributed by atoms with Crippen molar-refractivity contribution in [1.82, 2.24) is 0 Å². The molecule has 0 fully saturated rings. The molecule has 0 unspecified atom stereocenters. The molecule has 0 saturated carbocycles. The highest BCUT2D eigenvalue weighted by atomic mass is 35.5. The van der Waals surface area contributed by atoms with Crippen molar-refractivity contribution in [2.24, 2.45) is 0 Å². The number of hydrogen-bond acceptors (Lipinski definition) is 1. The highest BCUT2D eigenvalue weighted by Crippen LogP contribution is 2.27. The van der Waals surface area contributed by atoms with Crippen molar-refractivity contribution in [3.8, 4) is 5.75 Å². The van der Waals surface area contributed by atoms with Crippen LogP contribution >= 0.6 is 23.2 Å². The summed E-state index contributed by atoms with van der Waals surface area (Å²) < 4.78 is 5.60. The normalized spacial score (nSPS) is 14.9. The van der Waals surface area contributed by atoms with Gasteiger partial charge in [0.1, 0.15) is 11.5 Å². The van der Waals surface area contributed by atoms with Gasteiger partial charge in [0.15, 0.2) is 0 Å². The Morgan fingerprint density at radius 3 is 2.67 bits per heavy atom. The van der Waals surface area contributed by atoms with Gasteiger partial charge in [0.2, 0.25) is 0 Å². The molecule has 3 heteroatoms. The third-order valence-corrected chi connectivity index (χ3v) is 2.72. The Labute approximate surface area is 99.0 Å². The van der Waals surface area contributed by atoms with Crippen molar-refractivity contribution in [3.63, 3.8) is 0 Å². The summed E-state index contributed by atoms with van der Waals surface area (Å²) in [6, 6.07) is 5.22. The van der Waals surface area contributed by atoms with E-state index in [1.807, 2.05) is 18.2 Å². The van der Waals surface area contributed by atoms with Gasteiger partial charge in [-0.05, 0) is 37.1 Å². The molecule has 0 bridgehead atoms. The summed E-state index contributed by atoms with van der Waals surface area (Å²) in [6.45, 7) is 0. The van der Waals surface area contributed by atoms with Crippen LogP contribution in [0.25, 0.3) is 0 Å². The first-order chi connectivity index (χ1) is 7.25. The minimum Gasteiger partial charge on any atom is -0.458 e. The molecule has 0 aliphatic heterocycles. The van der Waals surface area contributed by atoms with Crippen LogP contribution in [0.1, 0.15) is 6.42 Å². The molecule has 1 aromatic rings. The van der Waals surface area contributed by atoms with E-state index in [-0.39, 0.29) is 0 Å². The standard InChI is InChI=1S/C12H9Cl2O/c13-11-7-6-10(8-12(11)14)15-9-4-2-1-3-5-9/h1-2,4-8H,3H2. The van der Waals surface area contributed by atoms with Crippen LogP contribution in [0.3, 0.4) is 0 Å². The van der Waals surface area contributed by atoms with E-state index in [9.17, 15) is 0 Å². The highest BCUT2D eigenvalue weighted by molar-refractivity contribution is 6.42. The quantitative estimate of drug-likeness (QED) is 0.743. The second-order valence-electron chi connectivity index (χ2n) is 3.11. The molecule has 0 amide bonds. The molecule has 1 nitrogen and oxygen atoms in total. The van der Waals surface area contributed by atoms with E-state index >= 15 is 0 Å². The Balaban J connectivity index is 2.14. The molecule has 2 rings (SSSR count). The fraction of sp³-hybridized carbons (Fsp3) is 0.0833. The summed E-state index contributed by atoms with van der Waals surface area (Å²) in [5.74, 6) is 1.53. The molecule has 0 aromatic heterocycles. The zero-order valence-corrected chi connectivity index (χ0v) is 9.42. The number of ether oxygens (including phenoxy) is 1. The first-order valence-electron chi connectivity index (χ1n) is 4.58. The van der Waals surface area contributed by atoms with Crippen molar-refractivity contribution in [2.75, 3.05) is 0 Å². The molecule has 1 aliphatic carbocycles. The fourth-order valence-corrected chi connectivity index (χ4v) is 1.53. The topological polar surface area (TPSA) is 9.23 Å². The third kappa shape index (κ3) is 2.77. The number of allylic oxidation sites excluding steroid dienone is 3. The maximum atomic E-state index is 5.88. The zero-order chi connectivity index (χ0) is 10.7. The van der Waals surface area contributed by atoms with Crippen LogP contribution in [-0.2, 0) is 0 Å². The molecule has 15 heavy (non-hydrogen) atoms. The molecule has 1 aromatic carbocycles. The molecular weight excluding hydrogens is 231 g/mol. The molecule has 1 aliphatic rings. The van der Waals surface area contributed by atoms with E-state index in [0.29, 0.717) is 15.8 Å². The van der Waals surface area contributed by atoms with Gasteiger partial charge in [-0.2, -0.15) is 0 Å². The van der Waals surface area contributed by atoms with Gasteiger partial charge in [-0.15, -0.1) is 0 Å². The lowest BCUT2D eigenvalue weighted by Gasteiger charge is -2.09. The third-order valence-electron chi connectivity index (χ3n) is 1.98. The monoisotopic (exact) mass is 239 g/mol. The predicted octanol–water partition coefficient (Wildman–Crippen LogP) is 4.42. The number of benzene rings is 1. The second-order valence-corrected chi connectivity index (χ2v) is 3.93. The molecule has 0 atom stereocenters. The zero-order valence-electron chi connectivity index (χ0n) is 7.91. The fourth-order valence-electron chi connectivity index (χ4n) is 1.25. The van der Waals surface area contributed by atoms with Crippen LogP contribution in [-0.4, -0.2) is 0 Å². The van der Waals surface area contributed by atoms with Crippen molar-refractivity contribution >= 4 is 23.2 Å². The van der Waals surface area contributed by atoms with Crippen LogP contribution in [0.15, 0.2) is 42.2 Å². The number of hydrogen-bond donors (Lipinski definition) is 0. The van der Waals surface area contributed by atoms with Crippen molar-refractivity contribution in [1.29, 1.82) is 0 Å². The smallest absolute Gasteiger partial charge is 0.129 e. The Morgan fingerprint density at radius 1 is 1.13 bits per heavy atom. The van der Waals surface area contributed by atoms with Gasteiger partial charge in [-0.3, -0.25) is 0 Å². The summed E-state index contributed by atoms with van der Waals surface area (Å²) in [5, 5.41) is 1.03. The largest absolute Gasteiger partial charge is 0.458 e. The lowest BCUT2D eigenvalue weighted by Crippen LogP contribution is -1.95. The summed E-state index contributed by atoms with van der Waals surface area (Å²) in [7, 11) is 0. The van der Waals surface area contributed by atoms with Crippen molar-refractivity contribution in [2.45, 2.75) is 6.42 Å². The lowest BCUT2D eigenvalue weighted by atomic mass is 10.2. The highest BCUT2D eigenvalue weighted by Gasteiger charge is 2.03. The second kappa shape index (κ2) is 4.73. The summed E-state index contributed by atoms with van der Waals surface area (Å²) in [4.78, 5) is 0. The SMILES string of the molecule is Clc1ccc(OC2=CC[CH]C=C2)cc1Cl. The number of halogens is 2. The maximum absolute atomic E-state index is 5.88. The van der Waals surface area contributed by atoms with Crippen LogP contribution in [0.2, 0.25) is 10.0 Å². The van der Waals surface area contributed by atoms with Gasteiger partial charge in [-0.1, -0.05) is 29.3 Å². The van der Waals surface area contributed by atoms with E-state index in [1.54, 1.807) is 18.2 Å². The van der Waals surface area contributed by atoms with E-state index < -0.39 is 0 Å². The van der Waals surface area contributed by atoms with Crippen LogP contribution in [0.4, 0.5) is 0 Å². The minimum absolute atomic E-state index is 0.501. The molecule has 1 radical (unpaired) electrons. The van der Waals surface area contributed by atoms with E-state index in [2.05, 4.69) is 6.42 Å². The maximum Gasteiger partial charge on any atom is 0.129 e. The van der Waals surface area contributed by atoms with Crippen LogP contribution in [0, 0.1) is 6.42 Å². The average molecular weight is 240 g/mol. The summed E-state index contributed by atoms with van der Waals surface area (Å²) in [6.07, 6.45) is 8.83. The van der Waals surface area contributed by atoms with Gasteiger partial charge < -0.3 is 4.74 Å². The van der Waals surface area contributed by atoms with Gasteiger partial charge in [0.05, 0.1) is 10.0 Å². The predicted molar refractivity (Wildman–Crippen MR) is 63.2 cm³/mol. The van der Waals surface area contributed by atoms with Gasteiger partial charge >= 0.3 is 0 Å². The van der Waals surface area contributed by atoms with Crippen LogP contribution < -0.4 is 4.74 Å². The van der Waals surface area contributed by atoms with E-state index in [1.165, 1.54) is 0 Å². The Morgan fingerprint density at radius 2 is 2.00 bits per heavy atom. The molecular formula is C12H9Cl2O. The van der Waals surface area contributed by atoms with Gasteiger partial charge in [0, 0.05) is 6.07 Å². The Bertz CT molecular complexity index is 422. The molecule has 77 valence electrons. The molecule has 0 N–H and O–H groups in total. The summed E-state index contributed by atoms with van der Waals surface area (Å²) >= 11 is 11.7. The van der Waals surface area contributed by atoms with Crippen molar-refractivity contribution < 1.29 is 4.74 Å². The average Bonchev–Trinajstić information content (AvgIpc) is 2.25. The van der Waals surface area contributed by atoms with E-state index in [0.717, 1.165) is 12.2 Å². The Hall–Kier alpha value is -0.920. The van der Waals surface area contributed by atoms with Gasteiger partial charge in [-0.25, -0.2) is 0 Å².